The van der Waals surface area contributed by atoms with E-state index in [2.05, 4.69) is 4.98 Å². The van der Waals surface area contributed by atoms with Gasteiger partial charge in [-0.15, -0.1) is 11.3 Å². The van der Waals surface area contributed by atoms with Crippen LogP contribution in [0.3, 0.4) is 0 Å². The van der Waals surface area contributed by atoms with Crippen molar-refractivity contribution in [1.29, 1.82) is 0 Å². The predicted molar refractivity (Wildman–Crippen MR) is 142 cm³/mol. The Morgan fingerprint density at radius 3 is 2.49 bits per heavy atom. The number of ether oxygens (including phenoxy) is 3. The van der Waals surface area contributed by atoms with Gasteiger partial charge in [0.05, 0.1) is 32.4 Å². The number of carbonyl (C=O) groups is 2. The summed E-state index contributed by atoms with van der Waals surface area (Å²) in [6.07, 6.45) is 1.56. The van der Waals surface area contributed by atoms with Gasteiger partial charge in [0, 0.05) is 17.1 Å². The van der Waals surface area contributed by atoms with Crippen LogP contribution in [0.25, 0.3) is 16.5 Å². The first-order chi connectivity index (χ1) is 18.0. The van der Waals surface area contributed by atoms with Gasteiger partial charge in [0.15, 0.2) is 16.6 Å². The summed E-state index contributed by atoms with van der Waals surface area (Å²) in [7, 11) is 3.11. The average Bonchev–Trinajstić information content (AvgIpc) is 3.54. The Labute approximate surface area is 217 Å². The van der Waals surface area contributed by atoms with E-state index >= 15 is 0 Å². The van der Waals surface area contributed by atoms with Gasteiger partial charge < -0.3 is 19.3 Å². The summed E-state index contributed by atoms with van der Waals surface area (Å²) >= 11 is 1.23. The van der Waals surface area contributed by atoms with Crippen molar-refractivity contribution in [3.05, 3.63) is 82.9 Å². The minimum Gasteiger partial charge on any atom is -0.507 e. The fraction of sp³-hybridized carbons (Fsp3) is 0.179. The Bertz CT molecular complexity index is 1530. The molecule has 37 heavy (non-hydrogen) atoms. The molecule has 1 amide bonds. The summed E-state index contributed by atoms with van der Waals surface area (Å²) in [6.45, 7) is 2.31. The molecule has 4 aromatic rings. The number of benzene rings is 3. The van der Waals surface area contributed by atoms with Crippen molar-refractivity contribution < 1.29 is 28.9 Å². The van der Waals surface area contributed by atoms with Gasteiger partial charge >= 0.3 is 5.91 Å². The van der Waals surface area contributed by atoms with Crippen LogP contribution in [0.4, 0.5) is 5.13 Å². The molecule has 5 rings (SSSR count). The van der Waals surface area contributed by atoms with E-state index in [0.717, 1.165) is 10.8 Å². The maximum absolute atomic E-state index is 13.4. The molecule has 1 N–H and O–H groups in total. The summed E-state index contributed by atoms with van der Waals surface area (Å²) in [5.74, 6) is -0.134. The molecule has 0 radical (unpaired) electrons. The summed E-state index contributed by atoms with van der Waals surface area (Å²) in [4.78, 5) is 32.2. The molecule has 0 spiro atoms. The first kappa shape index (κ1) is 24.3. The quantitative estimate of drug-likeness (QED) is 0.201. The standard InChI is InChI=1S/C28H24N2O6S/c1-4-36-21-10-8-18(15-22(21)35-3)24-23(26(32)27(33)30(24)28-29-11-12-37-28)25(31)19-6-5-17-14-20(34-2)9-7-16(17)13-19/h5-15,24,31H,4H2,1-3H3/b25-23+. The van der Waals surface area contributed by atoms with E-state index in [0.29, 0.717) is 40.1 Å². The van der Waals surface area contributed by atoms with Crippen LogP contribution in [-0.2, 0) is 9.59 Å². The number of amides is 1. The number of Topliss-reactive ketones (excluding diaryl/α,β-unsaturated/α-hetero) is 1. The Balaban J connectivity index is 1.69. The fourth-order valence-corrected chi connectivity index (χ4v) is 5.13. The van der Waals surface area contributed by atoms with Gasteiger partial charge in [-0.1, -0.05) is 24.3 Å². The van der Waals surface area contributed by atoms with Crippen molar-refractivity contribution >= 4 is 44.7 Å². The number of fused-ring (bicyclic) bond motifs is 1. The van der Waals surface area contributed by atoms with Gasteiger partial charge in [-0.25, -0.2) is 4.98 Å². The molecule has 2 heterocycles. The maximum atomic E-state index is 13.4. The molecule has 9 heteroatoms. The molecule has 188 valence electrons. The molecule has 1 aromatic heterocycles. The summed E-state index contributed by atoms with van der Waals surface area (Å²) in [5, 5.41) is 15.3. The second-order valence-corrected chi connectivity index (χ2v) is 9.13. The first-order valence-corrected chi connectivity index (χ1v) is 12.4. The van der Waals surface area contributed by atoms with Gasteiger partial charge in [-0.3, -0.25) is 14.5 Å². The molecule has 1 fully saturated rings. The monoisotopic (exact) mass is 516 g/mol. The largest absolute Gasteiger partial charge is 0.507 e. The second-order valence-electron chi connectivity index (χ2n) is 8.25. The molecule has 1 atom stereocenters. The smallest absolute Gasteiger partial charge is 0.301 e. The maximum Gasteiger partial charge on any atom is 0.301 e. The Kier molecular flexibility index (Phi) is 6.54. The Hall–Kier alpha value is -4.37. The van der Waals surface area contributed by atoms with Crippen LogP contribution in [0, 0.1) is 0 Å². The lowest BCUT2D eigenvalue weighted by molar-refractivity contribution is -0.132. The van der Waals surface area contributed by atoms with Crippen molar-refractivity contribution in [3.63, 3.8) is 0 Å². The highest BCUT2D eigenvalue weighted by molar-refractivity contribution is 7.14. The van der Waals surface area contributed by atoms with Crippen LogP contribution in [0.15, 0.2) is 71.7 Å². The van der Waals surface area contributed by atoms with Crippen molar-refractivity contribution in [2.24, 2.45) is 0 Å². The number of thiazole rings is 1. The van der Waals surface area contributed by atoms with Crippen LogP contribution in [0.2, 0.25) is 0 Å². The zero-order valence-electron chi connectivity index (χ0n) is 20.4. The van der Waals surface area contributed by atoms with Crippen molar-refractivity contribution in [1.82, 2.24) is 4.98 Å². The van der Waals surface area contributed by atoms with Gasteiger partial charge in [0.1, 0.15) is 11.5 Å². The number of aromatic nitrogens is 1. The number of aliphatic hydroxyl groups is 1. The van der Waals surface area contributed by atoms with Gasteiger partial charge in [-0.05, 0) is 53.6 Å². The minimum atomic E-state index is -0.915. The van der Waals surface area contributed by atoms with Gasteiger partial charge in [0.2, 0.25) is 0 Å². The number of hydrogen-bond acceptors (Lipinski definition) is 8. The lowest BCUT2D eigenvalue weighted by Crippen LogP contribution is -2.29. The third kappa shape index (κ3) is 4.27. The lowest BCUT2D eigenvalue weighted by atomic mass is 9.94. The number of methoxy groups -OCH3 is 2. The van der Waals surface area contributed by atoms with E-state index in [1.165, 1.54) is 23.3 Å². The third-order valence-corrected chi connectivity index (χ3v) is 6.96. The van der Waals surface area contributed by atoms with Crippen molar-refractivity contribution in [2.45, 2.75) is 13.0 Å². The Morgan fingerprint density at radius 1 is 1.00 bits per heavy atom. The zero-order valence-corrected chi connectivity index (χ0v) is 21.2. The second kappa shape index (κ2) is 9.94. The third-order valence-electron chi connectivity index (χ3n) is 6.19. The number of aliphatic hydroxyl groups excluding tert-OH is 1. The minimum absolute atomic E-state index is 0.0284. The molecule has 1 aliphatic heterocycles. The highest BCUT2D eigenvalue weighted by atomic mass is 32.1. The van der Waals surface area contributed by atoms with Crippen LogP contribution < -0.4 is 19.1 Å². The molecular formula is C28H24N2O6S. The molecule has 0 saturated carbocycles. The fourth-order valence-electron chi connectivity index (χ4n) is 4.46. The predicted octanol–water partition coefficient (Wildman–Crippen LogP) is 5.34. The van der Waals surface area contributed by atoms with E-state index in [1.54, 1.807) is 49.0 Å². The van der Waals surface area contributed by atoms with E-state index in [4.69, 9.17) is 14.2 Å². The topological polar surface area (TPSA) is 98.2 Å². The summed E-state index contributed by atoms with van der Waals surface area (Å²) < 4.78 is 16.4. The molecule has 8 nitrogen and oxygen atoms in total. The molecule has 0 aliphatic carbocycles. The average molecular weight is 517 g/mol. The normalized spacial score (nSPS) is 16.8. The Morgan fingerprint density at radius 2 is 1.78 bits per heavy atom. The highest BCUT2D eigenvalue weighted by Gasteiger charge is 2.48. The SMILES string of the molecule is CCOc1ccc(C2/C(=C(\O)c3ccc4cc(OC)ccc4c3)C(=O)C(=O)N2c2nccs2)cc1OC. The highest BCUT2D eigenvalue weighted by Crippen LogP contribution is 2.44. The van der Waals surface area contributed by atoms with Gasteiger partial charge in [0.25, 0.3) is 5.78 Å². The number of rotatable bonds is 7. The number of anilines is 1. The van der Waals surface area contributed by atoms with Crippen LogP contribution in [0.1, 0.15) is 24.1 Å². The molecule has 0 bridgehead atoms. The summed E-state index contributed by atoms with van der Waals surface area (Å²) in [5.41, 5.74) is 0.957. The number of hydrogen-bond donors (Lipinski definition) is 1. The number of ketones is 1. The number of nitrogens with zero attached hydrogens (tertiary/aromatic N) is 2. The molecule has 1 unspecified atom stereocenters. The van der Waals surface area contributed by atoms with E-state index in [-0.39, 0.29) is 11.3 Å². The number of carbonyl (C=O) groups excluding carboxylic acids is 2. The van der Waals surface area contributed by atoms with Crippen molar-refractivity contribution in [2.75, 3.05) is 25.7 Å². The van der Waals surface area contributed by atoms with E-state index in [9.17, 15) is 14.7 Å². The van der Waals surface area contributed by atoms with Crippen LogP contribution in [0.5, 0.6) is 17.2 Å². The van der Waals surface area contributed by atoms with Gasteiger partial charge in [-0.2, -0.15) is 0 Å². The first-order valence-electron chi connectivity index (χ1n) is 11.6. The van der Waals surface area contributed by atoms with E-state index < -0.39 is 17.7 Å². The zero-order chi connectivity index (χ0) is 26.1. The van der Waals surface area contributed by atoms with Crippen LogP contribution in [-0.4, -0.2) is 42.6 Å². The van der Waals surface area contributed by atoms with Crippen LogP contribution >= 0.6 is 11.3 Å². The molecule has 1 saturated heterocycles. The van der Waals surface area contributed by atoms with E-state index in [1.807, 2.05) is 31.2 Å². The molecule has 3 aromatic carbocycles. The van der Waals surface area contributed by atoms with Crippen molar-refractivity contribution in [3.8, 4) is 17.2 Å². The molecule has 1 aliphatic rings. The summed E-state index contributed by atoms with van der Waals surface area (Å²) in [6, 6.07) is 15.2. The lowest BCUT2D eigenvalue weighted by Gasteiger charge is -2.24. The molecular weight excluding hydrogens is 492 g/mol.